The van der Waals surface area contributed by atoms with Gasteiger partial charge in [0.1, 0.15) is 0 Å². The van der Waals surface area contributed by atoms with E-state index in [0.29, 0.717) is 18.5 Å². The standard InChI is InChI=1S/C14H26N6O/c1-5-15-12-16-13(19(3)11(2)10-21-4)18-14(17-12)20-8-6-7-9-20/h11H,5-10H2,1-4H3,(H,15,16,17,18). The van der Waals surface area contributed by atoms with Crippen LogP contribution in [0.5, 0.6) is 0 Å². The number of hydrogen-bond donors (Lipinski definition) is 1. The molecule has 0 aliphatic carbocycles. The van der Waals surface area contributed by atoms with Crippen molar-refractivity contribution in [3.05, 3.63) is 0 Å². The van der Waals surface area contributed by atoms with Crippen molar-refractivity contribution >= 4 is 17.8 Å². The summed E-state index contributed by atoms with van der Waals surface area (Å²) in [6.07, 6.45) is 2.40. The number of aromatic nitrogens is 3. The first-order chi connectivity index (χ1) is 10.2. The molecule has 1 aromatic heterocycles. The number of nitrogens with one attached hydrogen (secondary N) is 1. The molecule has 0 spiro atoms. The van der Waals surface area contributed by atoms with Crippen molar-refractivity contribution < 1.29 is 4.74 Å². The third kappa shape index (κ3) is 3.93. The number of hydrogen-bond acceptors (Lipinski definition) is 7. The highest BCUT2D eigenvalue weighted by Gasteiger charge is 2.20. The van der Waals surface area contributed by atoms with Crippen LogP contribution >= 0.6 is 0 Å². The lowest BCUT2D eigenvalue weighted by molar-refractivity contribution is 0.183. The van der Waals surface area contributed by atoms with E-state index >= 15 is 0 Å². The first-order valence-electron chi connectivity index (χ1n) is 7.62. The number of methoxy groups -OCH3 is 1. The van der Waals surface area contributed by atoms with E-state index in [-0.39, 0.29) is 6.04 Å². The van der Waals surface area contributed by atoms with Crippen LogP contribution in [0.2, 0.25) is 0 Å². The molecule has 118 valence electrons. The summed E-state index contributed by atoms with van der Waals surface area (Å²) in [5, 5.41) is 3.19. The fraction of sp³-hybridized carbons (Fsp3) is 0.786. The molecule has 1 N–H and O–H groups in total. The lowest BCUT2D eigenvalue weighted by atomic mass is 10.3. The van der Waals surface area contributed by atoms with E-state index in [1.54, 1.807) is 7.11 Å². The maximum Gasteiger partial charge on any atom is 0.232 e. The molecule has 0 radical (unpaired) electrons. The van der Waals surface area contributed by atoms with E-state index in [9.17, 15) is 0 Å². The molecule has 1 aliphatic rings. The summed E-state index contributed by atoms with van der Waals surface area (Å²) in [4.78, 5) is 17.9. The Balaban J connectivity index is 2.26. The summed E-state index contributed by atoms with van der Waals surface area (Å²) in [6, 6.07) is 0.207. The van der Waals surface area contributed by atoms with Gasteiger partial charge in [0, 0.05) is 33.8 Å². The summed E-state index contributed by atoms with van der Waals surface area (Å²) >= 11 is 0. The molecule has 2 heterocycles. The summed E-state index contributed by atoms with van der Waals surface area (Å²) in [7, 11) is 3.69. The maximum atomic E-state index is 5.22. The molecule has 7 nitrogen and oxygen atoms in total. The molecule has 1 saturated heterocycles. The molecule has 0 amide bonds. The molecule has 7 heteroatoms. The van der Waals surface area contributed by atoms with Crippen LogP contribution in [0, 0.1) is 0 Å². The third-order valence-corrected chi connectivity index (χ3v) is 3.72. The van der Waals surface area contributed by atoms with Crippen molar-refractivity contribution in [2.24, 2.45) is 0 Å². The second-order valence-electron chi connectivity index (χ2n) is 5.40. The lowest BCUT2D eigenvalue weighted by Gasteiger charge is -2.26. The fourth-order valence-corrected chi connectivity index (χ4v) is 2.36. The summed E-state index contributed by atoms with van der Waals surface area (Å²) < 4.78 is 5.22. The SMILES string of the molecule is CCNc1nc(N2CCCC2)nc(N(C)C(C)COC)n1. The number of rotatable bonds is 7. The van der Waals surface area contributed by atoms with Gasteiger partial charge in [-0.3, -0.25) is 0 Å². The molecule has 0 saturated carbocycles. The topological polar surface area (TPSA) is 66.4 Å². The first kappa shape index (κ1) is 15.8. The van der Waals surface area contributed by atoms with E-state index in [4.69, 9.17) is 4.74 Å². The van der Waals surface area contributed by atoms with Gasteiger partial charge < -0.3 is 19.9 Å². The monoisotopic (exact) mass is 294 g/mol. The molecule has 0 aromatic carbocycles. The molecule has 1 aromatic rings. The number of ether oxygens (including phenoxy) is 1. The Kier molecular flexibility index (Phi) is 5.55. The van der Waals surface area contributed by atoms with Crippen LogP contribution in [0.1, 0.15) is 26.7 Å². The van der Waals surface area contributed by atoms with Gasteiger partial charge in [-0.05, 0) is 26.7 Å². The van der Waals surface area contributed by atoms with Gasteiger partial charge >= 0.3 is 0 Å². The molecule has 21 heavy (non-hydrogen) atoms. The van der Waals surface area contributed by atoms with Crippen molar-refractivity contribution in [3.63, 3.8) is 0 Å². The molecule has 1 unspecified atom stereocenters. The zero-order chi connectivity index (χ0) is 15.2. The Bertz CT molecular complexity index is 449. The smallest absolute Gasteiger partial charge is 0.232 e. The average molecular weight is 294 g/mol. The lowest BCUT2D eigenvalue weighted by Crippen LogP contribution is -2.35. The van der Waals surface area contributed by atoms with Gasteiger partial charge in [0.15, 0.2) is 0 Å². The normalized spacial score (nSPS) is 16.1. The van der Waals surface area contributed by atoms with Gasteiger partial charge in [-0.25, -0.2) is 0 Å². The zero-order valence-corrected chi connectivity index (χ0v) is 13.5. The molecule has 1 atom stereocenters. The van der Waals surface area contributed by atoms with Crippen LogP contribution in [0.3, 0.4) is 0 Å². The van der Waals surface area contributed by atoms with E-state index in [1.165, 1.54) is 12.8 Å². The van der Waals surface area contributed by atoms with E-state index in [0.717, 1.165) is 25.6 Å². The van der Waals surface area contributed by atoms with Crippen LogP contribution in [0.4, 0.5) is 17.8 Å². The van der Waals surface area contributed by atoms with E-state index in [1.807, 2.05) is 18.9 Å². The second kappa shape index (κ2) is 7.40. The Morgan fingerprint density at radius 2 is 2.00 bits per heavy atom. The predicted octanol–water partition coefficient (Wildman–Crippen LogP) is 1.37. The highest BCUT2D eigenvalue weighted by Crippen LogP contribution is 2.20. The van der Waals surface area contributed by atoms with Gasteiger partial charge in [0.25, 0.3) is 0 Å². The summed E-state index contributed by atoms with van der Waals surface area (Å²) in [5.41, 5.74) is 0. The molecule has 2 rings (SSSR count). The third-order valence-electron chi connectivity index (χ3n) is 3.72. The van der Waals surface area contributed by atoms with E-state index in [2.05, 4.69) is 32.1 Å². The zero-order valence-electron chi connectivity index (χ0n) is 13.5. The second-order valence-corrected chi connectivity index (χ2v) is 5.40. The van der Waals surface area contributed by atoms with Crippen molar-refractivity contribution in [1.29, 1.82) is 0 Å². The van der Waals surface area contributed by atoms with Crippen LogP contribution in [-0.2, 0) is 4.74 Å². The first-order valence-corrected chi connectivity index (χ1v) is 7.62. The average Bonchev–Trinajstić information content (AvgIpc) is 3.01. The Morgan fingerprint density at radius 3 is 2.62 bits per heavy atom. The van der Waals surface area contributed by atoms with Crippen LogP contribution < -0.4 is 15.1 Å². The van der Waals surface area contributed by atoms with Crippen molar-refractivity contribution in [2.75, 3.05) is 55.5 Å². The molecule has 1 aliphatic heterocycles. The summed E-state index contributed by atoms with van der Waals surface area (Å²) in [6.45, 7) is 7.60. The minimum absolute atomic E-state index is 0.207. The van der Waals surface area contributed by atoms with Crippen LogP contribution in [0.25, 0.3) is 0 Å². The predicted molar refractivity (Wildman–Crippen MR) is 85.2 cm³/mol. The van der Waals surface area contributed by atoms with Crippen molar-refractivity contribution in [1.82, 2.24) is 15.0 Å². The number of anilines is 3. The molecular weight excluding hydrogens is 268 g/mol. The minimum atomic E-state index is 0.207. The van der Waals surface area contributed by atoms with Gasteiger partial charge in [0.05, 0.1) is 12.6 Å². The van der Waals surface area contributed by atoms with Gasteiger partial charge in [-0.15, -0.1) is 0 Å². The van der Waals surface area contributed by atoms with Gasteiger partial charge in [-0.1, -0.05) is 0 Å². The van der Waals surface area contributed by atoms with Crippen molar-refractivity contribution in [3.8, 4) is 0 Å². The Morgan fingerprint density at radius 1 is 1.29 bits per heavy atom. The Labute approximate surface area is 126 Å². The van der Waals surface area contributed by atoms with Crippen molar-refractivity contribution in [2.45, 2.75) is 32.7 Å². The number of nitrogens with zero attached hydrogens (tertiary/aromatic N) is 5. The Hall–Kier alpha value is -1.63. The quantitative estimate of drug-likeness (QED) is 0.814. The summed E-state index contributed by atoms with van der Waals surface area (Å²) in [5.74, 6) is 2.10. The molecule has 0 bridgehead atoms. The number of likely N-dealkylation sites (N-methyl/N-ethyl adjacent to an activating group) is 1. The highest BCUT2D eigenvalue weighted by atomic mass is 16.5. The van der Waals surface area contributed by atoms with Crippen LogP contribution in [0.15, 0.2) is 0 Å². The maximum absolute atomic E-state index is 5.22. The van der Waals surface area contributed by atoms with Gasteiger partial charge in [-0.2, -0.15) is 15.0 Å². The van der Waals surface area contributed by atoms with Gasteiger partial charge in [0.2, 0.25) is 17.8 Å². The minimum Gasteiger partial charge on any atom is -0.383 e. The molecule has 1 fully saturated rings. The largest absolute Gasteiger partial charge is 0.383 e. The molecular formula is C14H26N6O. The highest BCUT2D eigenvalue weighted by molar-refractivity contribution is 5.45. The van der Waals surface area contributed by atoms with E-state index < -0.39 is 0 Å². The fourth-order valence-electron chi connectivity index (χ4n) is 2.36. The van der Waals surface area contributed by atoms with Crippen LogP contribution in [-0.4, -0.2) is 61.4 Å².